The van der Waals surface area contributed by atoms with E-state index in [1.807, 2.05) is 0 Å². The lowest BCUT2D eigenvalue weighted by Crippen LogP contribution is -2.38. The topological polar surface area (TPSA) is 88.8 Å². The molecule has 1 heterocycles. The number of furan rings is 1. The molecule has 0 aliphatic rings. The summed E-state index contributed by atoms with van der Waals surface area (Å²) in [5.41, 5.74) is 0.305. The summed E-state index contributed by atoms with van der Waals surface area (Å²) in [6.45, 7) is 0.101. The monoisotopic (exact) mass is 372 g/mol. The number of rotatable bonds is 7. The number of hydrogen-bond donors (Lipinski definition) is 1. The van der Waals surface area contributed by atoms with Crippen molar-refractivity contribution in [2.75, 3.05) is 30.8 Å². The summed E-state index contributed by atoms with van der Waals surface area (Å²) in [6.07, 6.45) is 2.45. The number of carbonyl (C=O) groups excluding carboxylic acids is 1. The predicted octanol–water partition coefficient (Wildman–Crippen LogP) is 2.14. The molecule has 0 bridgehead atoms. The van der Waals surface area contributed by atoms with Crippen LogP contribution in [0, 0.1) is 0 Å². The maximum Gasteiger partial charge on any atom is 0.287 e. The molecule has 0 unspecified atom stereocenters. The number of anilines is 1. The predicted molar refractivity (Wildman–Crippen MR) is 91.2 cm³/mol. The Morgan fingerprint density at radius 3 is 2.71 bits per heavy atom. The average molecular weight is 373 g/mol. The lowest BCUT2D eigenvalue weighted by atomic mass is 10.3. The van der Waals surface area contributed by atoms with Crippen molar-refractivity contribution in [2.45, 2.75) is 0 Å². The Bertz CT molecular complexity index is 805. The second-order valence-electron chi connectivity index (χ2n) is 4.88. The number of carbonyl (C=O) groups is 1. The molecule has 130 valence electrons. The third-order valence-electron chi connectivity index (χ3n) is 3.16. The number of methoxy groups -OCH3 is 1. The molecule has 0 atom stereocenters. The molecule has 1 aromatic heterocycles. The zero-order chi connectivity index (χ0) is 17.7. The van der Waals surface area contributed by atoms with Gasteiger partial charge in [0.25, 0.3) is 5.91 Å². The number of hydrogen-bond acceptors (Lipinski definition) is 5. The highest BCUT2D eigenvalue weighted by molar-refractivity contribution is 7.92. The number of ether oxygens (including phenoxy) is 1. The maximum absolute atomic E-state index is 12.1. The van der Waals surface area contributed by atoms with Crippen molar-refractivity contribution in [1.82, 2.24) is 5.32 Å². The van der Waals surface area contributed by atoms with E-state index in [4.69, 9.17) is 20.8 Å². The van der Waals surface area contributed by atoms with Gasteiger partial charge >= 0.3 is 0 Å². The summed E-state index contributed by atoms with van der Waals surface area (Å²) in [5, 5.41) is 2.97. The number of nitrogens with zero attached hydrogens (tertiary/aromatic N) is 1. The number of halogens is 1. The molecule has 1 N–H and O–H groups in total. The number of benzene rings is 1. The van der Waals surface area contributed by atoms with Crippen molar-refractivity contribution in [3.05, 3.63) is 47.4 Å². The summed E-state index contributed by atoms with van der Waals surface area (Å²) in [7, 11) is -2.16. The van der Waals surface area contributed by atoms with Gasteiger partial charge in [-0.1, -0.05) is 11.6 Å². The van der Waals surface area contributed by atoms with Gasteiger partial charge in [-0.3, -0.25) is 9.10 Å². The van der Waals surface area contributed by atoms with Crippen LogP contribution in [0.1, 0.15) is 10.6 Å². The van der Waals surface area contributed by atoms with Gasteiger partial charge in [0.1, 0.15) is 5.75 Å². The van der Waals surface area contributed by atoms with Gasteiger partial charge in [0.05, 0.1) is 31.9 Å². The van der Waals surface area contributed by atoms with E-state index in [1.165, 1.54) is 25.5 Å². The molecular formula is C15H17ClN2O5S. The lowest BCUT2D eigenvalue weighted by molar-refractivity contribution is 0.0927. The van der Waals surface area contributed by atoms with Crippen molar-refractivity contribution >= 4 is 33.2 Å². The fourth-order valence-corrected chi connectivity index (χ4v) is 3.18. The molecule has 0 fully saturated rings. The molecule has 0 radical (unpaired) electrons. The first kappa shape index (κ1) is 18.2. The molecule has 2 aromatic rings. The van der Waals surface area contributed by atoms with Gasteiger partial charge < -0.3 is 14.5 Å². The van der Waals surface area contributed by atoms with Crippen LogP contribution in [0.4, 0.5) is 5.69 Å². The third-order valence-corrected chi connectivity index (χ3v) is 4.57. The van der Waals surface area contributed by atoms with E-state index in [0.717, 1.165) is 10.6 Å². The smallest absolute Gasteiger partial charge is 0.287 e. The normalized spacial score (nSPS) is 11.1. The van der Waals surface area contributed by atoms with Gasteiger partial charge in [0.15, 0.2) is 5.76 Å². The standard InChI is InChI=1S/C15H17ClN2O5S/c1-22-13-6-5-11(16)10-12(13)18(24(2,20)21)8-7-17-15(19)14-4-3-9-23-14/h3-6,9-10H,7-8H2,1-2H3,(H,17,19). The number of amides is 1. The first-order chi connectivity index (χ1) is 11.3. The molecule has 1 amide bonds. The van der Waals surface area contributed by atoms with Crippen molar-refractivity contribution in [2.24, 2.45) is 0 Å². The second kappa shape index (κ2) is 7.59. The summed E-state index contributed by atoms with van der Waals surface area (Å²) in [6, 6.07) is 7.79. The van der Waals surface area contributed by atoms with Crippen LogP contribution in [0.15, 0.2) is 41.0 Å². The van der Waals surface area contributed by atoms with Gasteiger partial charge in [-0.05, 0) is 30.3 Å². The molecule has 0 saturated heterocycles. The molecule has 1 aromatic carbocycles. The van der Waals surface area contributed by atoms with Crippen LogP contribution in [0.3, 0.4) is 0 Å². The summed E-state index contributed by atoms with van der Waals surface area (Å²) < 4.78 is 35.5. The fourth-order valence-electron chi connectivity index (χ4n) is 2.09. The van der Waals surface area contributed by atoms with Gasteiger partial charge in [0.2, 0.25) is 10.0 Å². The van der Waals surface area contributed by atoms with Crippen LogP contribution in [0.2, 0.25) is 5.02 Å². The van der Waals surface area contributed by atoms with Gasteiger partial charge in [-0.25, -0.2) is 8.42 Å². The van der Waals surface area contributed by atoms with Crippen molar-refractivity contribution in [1.29, 1.82) is 0 Å². The van der Waals surface area contributed by atoms with Crippen molar-refractivity contribution < 1.29 is 22.4 Å². The highest BCUT2D eigenvalue weighted by Gasteiger charge is 2.21. The highest BCUT2D eigenvalue weighted by atomic mass is 35.5. The van der Waals surface area contributed by atoms with Crippen LogP contribution in [-0.2, 0) is 10.0 Å². The molecule has 7 nitrogen and oxygen atoms in total. The average Bonchev–Trinajstić information content (AvgIpc) is 3.04. The lowest BCUT2D eigenvalue weighted by Gasteiger charge is -2.24. The minimum atomic E-state index is -3.60. The molecule has 9 heteroatoms. The Morgan fingerprint density at radius 2 is 2.12 bits per heavy atom. The molecular weight excluding hydrogens is 356 g/mol. The molecule has 0 spiro atoms. The Labute approximate surface area is 145 Å². The largest absolute Gasteiger partial charge is 0.495 e. The summed E-state index contributed by atoms with van der Waals surface area (Å²) >= 11 is 5.96. The Balaban J connectivity index is 2.16. The van der Waals surface area contributed by atoms with E-state index in [0.29, 0.717) is 16.5 Å². The van der Waals surface area contributed by atoms with E-state index in [9.17, 15) is 13.2 Å². The van der Waals surface area contributed by atoms with Crippen LogP contribution >= 0.6 is 11.6 Å². The van der Waals surface area contributed by atoms with Gasteiger partial charge in [-0.15, -0.1) is 0 Å². The first-order valence-electron chi connectivity index (χ1n) is 6.96. The zero-order valence-corrected chi connectivity index (χ0v) is 14.7. The van der Waals surface area contributed by atoms with Crippen LogP contribution in [-0.4, -0.2) is 40.8 Å². The van der Waals surface area contributed by atoms with Crippen molar-refractivity contribution in [3.63, 3.8) is 0 Å². The summed E-state index contributed by atoms with van der Waals surface area (Å²) in [5.74, 6) is 0.0925. The molecule has 0 saturated carbocycles. The molecule has 2 rings (SSSR count). The Kier molecular flexibility index (Phi) is 5.74. The van der Waals surface area contributed by atoms with Gasteiger partial charge in [-0.2, -0.15) is 0 Å². The SMILES string of the molecule is COc1ccc(Cl)cc1N(CCNC(=O)c1ccco1)S(C)(=O)=O. The van der Waals surface area contributed by atoms with E-state index in [1.54, 1.807) is 18.2 Å². The van der Waals surface area contributed by atoms with E-state index < -0.39 is 15.9 Å². The molecule has 0 aliphatic heterocycles. The molecule has 0 aliphatic carbocycles. The van der Waals surface area contributed by atoms with E-state index in [-0.39, 0.29) is 18.8 Å². The van der Waals surface area contributed by atoms with E-state index >= 15 is 0 Å². The number of sulfonamides is 1. The van der Waals surface area contributed by atoms with Gasteiger partial charge in [0, 0.05) is 11.6 Å². The third kappa shape index (κ3) is 4.42. The Hall–Kier alpha value is -2.19. The van der Waals surface area contributed by atoms with Crippen LogP contribution in [0.25, 0.3) is 0 Å². The van der Waals surface area contributed by atoms with Crippen molar-refractivity contribution in [3.8, 4) is 5.75 Å². The number of nitrogens with one attached hydrogen (secondary N) is 1. The quantitative estimate of drug-likeness (QED) is 0.804. The minimum absolute atomic E-state index is 0.0159. The zero-order valence-electron chi connectivity index (χ0n) is 13.2. The van der Waals surface area contributed by atoms with E-state index in [2.05, 4.69) is 5.32 Å². The minimum Gasteiger partial charge on any atom is -0.495 e. The van der Waals surface area contributed by atoms with Crippen LogP contribution in [0.5, 0.6) is 5.75 Å². The highest BCUT2D eigenvalue weighted by Crippen LogP contribution is 2.32. The van der Waals surface area contributed by atoms with Crippen LogP contribution < -0.4 is 14.4 Å². The molecule has 24 heavy (non-hydrogen) atoms. The second-order valence-corrected chi connectivity index (χ2v) is 7.23. The fraction of sp³-hybridized carbons (Fsp3) is 0.267. The summed E-state index contributed by atoms with van der Waals surface area (Å²) in [4.78, 5) is 11.8. The first-order valence-corrected chi connectivity index (χ1v) is 9.18. The Morgan fingerprint density at radius 1 is 1.38 bits per heavy atom. The maximum atomic E-state index is 12.1.